The Morgan fingerprint density at radius 2 is 1.80 bits per heavy atom. The van der Waals surface area contributed by atoms with Gasteiger partial charge < -0.3 is 25.4 Å². The Bertz CT molecular complexity index is 1820. The van der Waals surface area contributed by atoms with E-state index < -0.39 is 23.6 Å². The molecule has 1 atom stereocenters. The molecule has 3 N–H and O–H groups in total. The van der Waals surface area contributed by atoms with Crippen molar-refractivity contribution in [2.24, 2.45) is 0 Å². The molecule has 0 bridgehead atoms. The maximum absolute atomic E-state index is 15.6. The van der Waals surface area contributed by atoms with Crippen molar-refractivity contribution >= 4 is 28.2 Å². The van der Waals surface area contributed by atoms with E-state index in [1.54, 1.807) is 36.5 Å². The van der Waals surface area contributed by atoms with E-state index in [2.05, 4.69) is 29.4 Å². The number of fused-ring (bicyclic) bond motifs is 1. The standard InChI is InChI=1S/C35H35F2N5O3/c1-41-15-13-23(14-16-41)22-7-9-24(10-8-22)27-19-32-25(17-29(27)37)20-42(40-32)34(35(43)39-31-6-4-3-5-30(31)38)28-18-26(36)11-12-33(28)45-21-44-2/h3-12,17-20,23,34H,13-16,21,38H2,1-2H3,(H,39,43). The number of para-hydroxylation sites is 2. The number of nitrogens with one attached hydrogen (secondary N) is 1. The van der Waals surface area contributed by atoms with Crippen molar-refractivity contribution in [2.75, 3.05) is 45.1 Å². The van der Waals surface area contributed by atoms with Crippen LogP contribution in [0.3, 0.4) is 0 Å². The fourth-order valence-electron chi connectivity index (χ4n) is 5.90. The van der Waals surface area contributed by atoms with Crippen LogP contribution in [0.15, 0.2) is 85.1 Å². The summed E-state index contributed by atoms with van der Waals surface area (Å²) in [7, 11) is 3.60. The number of carbonyl (C=O) groups excluding carboxylic acids is 1. The molecule has 1 aliphatic heterocycles. The van der Waals surface area contributed by atoms with Gasteiger partial charge in [0.2, 0.25) is 0 Å². The molecule has 1 unspecified atom stereocenters. The zero-order chi connectivity index (χ0) is 31.5. The van der Waals surface area contributed by atoms with Crippen molar-refractivity contribution in [1.29, 1.82) is 0 Å². The lowest BCUT2D eigenvalue weighted by Gasteiger charge is -2.29. The molecule has 2 heterocycles. The van der Waals surface area contributed by atoms with Crippen molar-refractivity contribution in [3.8, 4) is 16.9 Å². The number of hydrogen-bond donors (Lipinski definition) is 2. The molecule has 1 aromatic heterocycles. The molecule has 6 rings (SSSR count). The van der Waals surface area contributed by atoms with E-state index in [9.17, 15) is 9.18 Å². The summed E-state index contributed by atoms with van der Waals surface area (Å²) >= 11 is 0. The van der Waals surface area contributed by atoms with E-state index in [1.165, 1.54) is 41.6 Å². The molecule has 1 aliphatic rings. The minimum atomic E-state index is -1.19. The maximum Gasteiger partial charge on any atom is 0.254 e. The minimum Gasteiger partial charge on any atom is -0.467 e. The number of aromatic nitrogens is 2. The number of nitrogen functional groups attached to an aromatic ring is 1. The van der Waals surface area contributed by atoms with Gasteiger partial charge in [0.1, 0.15) is 17.4 Å². The maximum atomic E-state index is 15.6. The lowest BCUT2D eigenvalue weighted by Crippen LogP contribution is -2.29. The van der Waals surface area contributed by atoms with Crippen LogP contribution in [0, 0.1) is 11.6 Å². The number of ether oxygens (including phenoxy) is 2. The highest BCUT2D eigenvalue weighted by Gasteiger charge is 2.29. The second-order valence-corrected chi connectivity index (χ2v) is 11.4. The summed E-state index contributed by atoms with van der Waals surface area (Å²) in [5.74, 6) is -0.801. The van der Waals surface area contributed by atoms with Crippen molar-refractivity contribution in [3.05, 3.63) is 108 Å². The molecule has 1 amide bonds. The highest BCUT2D eigenvalue weighted by Crippen LogP contribution is 2.35. The third kappa shape index (κ3) is 6.52. The molecule has 0 spiro atoms. The van der Waals surface area contributed by atoms with Gasteiger partial charge in [0.25, 0.3) is 5.91 Å². The van der Waals surface area contributed by atoms with Gasteiger partial charge in [-0.15, -0.1) is 0 Å². The van der Waals surface area contributed by atoms with Crippen LogP contribution < -0.4 is 15.8 Å². The molecule has 0 radical (unpaired) electrons. The van der Waals surface area contributed by atoms with E-state index in [1.807, 2.05) is 12.1 Å². The summed E-state index contributed by atoms with van der Waals surface area (Å²) in [5, 5.41) is 8.00. The van der Waals surface area contributed by atoms with Gasteiger partial charge in [0.15, 0.2) is 12.8 Å². The highest BCUT2D eigenvalue weighted by molar-refractivity contribution is 5.98. The van der Waals surface area contributed by atoms with Gasteiger partial charge in [-0.1, -0.05) is 36.4 Å². The summed E-state index contributed by atoms with van der Waals surface area (Å²) in [6.45, 7) is 2.01. The number of likely N-dealkylation sites (tertiary alicyclic amines) is 1. The van der Waals surface area contributed by atoms with Gasteiger partial charge in [-0.2, -0.15) is 5.10 Å². The summed E-state index contributed by atoms with van der Waals surface area (Å²) in [4.78, 5) is 16.2. The number of amides is 1. The number of piperidine rings is 1. The molecule has 0 saturated carbocycles. The summed E-state index contributed by atoms with van der Waals surface area (Å²) in [6.07, 6.45) is 3.76. The molecule has 1 saturated heterocycles. The Hall–Kier alpha value is -4.80. The molecule has 232 valence electrons. The van der Waals surface area contributed by atoms with Crippen LogP contribution in [0.4, 0.5) is 20.2 Å². The van der Waals surface area contributed by atoms with Crippen molar-refractivity contribution in [3.63, 3.8) is 0 Å². The summed E-state index contributed by atoms with van der Waals surface area (Å²) < 4.78 is 42.3. The van der Waals surface area contributed by atoms with Crippen LogP contribution >= 0.6 is 0 Å². The minimum absolute atomic E-state index is 0.120. The van der Waals surface area contributed by atoms with Crippen LogP contribution in [0.25, 0.3) is 22.0 Å². The molecule has 5 aromatic rings. The molecule has 4 aromatic carbocycles. The number of hydrogen-bond acceptors (Lipinski definition) is 6. The number of halogens is 2. The molecule has 8 nitrogen and oxygen atoms in total. The van der Waals surface area contributed by atoms with E-state index in [-0.39, 0.29) is 18.1 Å². The molecule has 1 fully saturated rings. The number of nitrogens with zero attached hydrogens (tertiary/aromatic N) is 3. The SMILES string of the molecule is COCOc1ccc(F)cc1C(C(=O)Nc1ccccc1N)n1cc2cc(F)c(-c3ccc(C4CCN(C)CC4)cc3)cc2n1. The Balaban J connectivity index is 1.38. The van der Waals surface area contributed by atoms with E-state index in [4.69, 9.17) is 20.3 Å². The van der Waals surface area contributed by atoms with E-state index in [0.29, 0.717) is 33.8 Å². The van der Waals surface area contributed by atoms with Crippen LogP contribution in [0.5, 0.6) is 5.75 Å². The average molecular weight is 612 g/mol. The zero-order valence-corrected chi connectivity index (χ0v) is 25.2. The van der Waals surface area contributed by atoms with Gasteiger partial charge in [-0.05, 0) is 92.5 Å². The molecular weight excluding hydrogens is 576 g/mol. The Kier molecular flexibility index (Phi) is 8.77. The summed E-state index contributed by atoms with van der Waals surface area (Å²) in [6, 6.07) is 20.6. The first-order chi connectivity index (χ1) is 21.8. The monoisotopic (exact) mass is 611 g/mol. The Labute approximate surface area is 260 Å². The fourth-order valence-corrected chi connectivity index (χ4v) is 5.90. The zero-order valence-electron chi connectivity index (χ0n) is 25.2. The fraction of sp³-hybridized carbons (Fsp3) is 0.257. The predicted molar refractivity (Wildman–Crippen MR) is 171 cm³/mol. The van der Waals surface area contributed by atoms with E-state index in [0.717, 1.165) is 31.5 Å². The normalized spacial score (nSPS) is 14.8. The topological polar surface area (TPSA) is 94.6 Å². The quantitative estimate of drug-likeness (QED) is 0.144. The van der Waals surface area contributed by atoms with Crippen LogP contribution in [0.1, 0.15) is 35.9 Å². The number of nitrogens with two attached hydrogens (primary N) is 1. The van der Waals surface area contributed by atoms with Gasteiger partial charge in [0, 0.05) is 29.8 Å². The predicted octanol–water partition coefficient (Wildman–Crippen LogP) is 6.58. The third-order valence-electron chi connectivity index (χ3n) is 8.35. The number of benzene rings is 4. The molecular formula is C35H35F2N5O3. The largest absolute Gasteiger partial charge is 0.467 e. The average Bonchev–Trinajstić information content (AvgIpc) is 3.44. The second-order valence-electron chi connectivity index (χ2n) is 11.4. The Morgan fingerprint density at radius 3 is 2.53 bits per heavy atom. The summed E-state index contributed by atoms with van der Waals surface area (Å²) in [5.41, 5.74) is 9.90. The van der Waals surface area contributed by atoms with Gasteiger partial charge >= 0.3 is 0 Å². The van der Waals surface area contributed by atoms with Crippen molar-refractivity contribution in [1.82, 2.24) is 14.7 Å². The van der Waals surface area contributed by atoms with Crippen LogP contribution in [-0.4, -0.2) is 54.6 Å². The first-order valence-corrected chi connectivity index (χ1v) is 14.8. The van der Waals surface area contributed by atoms with Gasteiger partial charge in [-0.25, -0.2) is 8.78 Å². The first kappa shape index (κ1) is 30.2. The lowest BCUT2D eigenvalue weighted by atomic mass is 9.88. The van der Waals surface area contributed by atoms with Crippen LogP contribution in [0.2, 0.25) is 0 Å². The van der Waals surface area contributed by atoms with Gasteiger partial charge in [-0.3, -0.25) is 9.48 Å². The number of carbonyl (C=O) groups is 1. The van der Waals surface area contributed by atoms with E-state index >= 15 is 4.39 Å². The van der Waals surface area contributed by atoms with Crippen LogP contribution in [-0.2, 0) is 9.53 Å². The third-order valence-corrected chi connectivity index (χ3v) is 8.35. The first-order valence-electron chi connectivity index (χ1n) is 14.8. The number of rotatable bonds is 9. The van der Waals surface area contributed by atoms with Gasteiger partial charge in [0.05, 0.1) is 16.9 Å². The number of anilines is 2. The molecule has 0 aliphatic carbocycles. The second kappa shape index (κ2) is 13.1. The highest BCUT2D eigenvalue weighted by atomic mass is 19.1. The molecule has 45 heavy (non-hydrogen) atoms. The molecule has 10 heteroatoms. The van der Waals surface area contributed by atoms with Crippen molar-refractivity contribution in [2.45, 2.75) is 24.8 Å². The lowest BCUT2D eigenvalue weighted by molar-refractivity contribution is -0.118. The smallest absolute Gasteiger partial charge is 0.254 e. The Morgan fingerprint density at radius 1 is 1.04 bits per heavy atom. The number of methoxy groups -OCH3 is 1. The van der Waals surface area contributed by atoms with Crippen molar-refractivity contribution < 1.29 is 23.0 Å².